The Bertz CT molecular complexity index is 1330. The van der Waals surface area contributed by atoms with Gasteiger partial charge in [-0.05, 0) is 55.2 Å². The van der Waals surface area contributed by atoms with Crippen molar-refractivity contribution >= 4 is 17.8 Å². The molecule has 7 nitrogen and oxygen atoms in total. The van der Waals surface area contributed by atoms with E-state index in [0.717, 1.165) is 16.7 Å². The summed E-state index contributed by atoms with van der Waals surface area (Å²) in [6.07, 6.45) is 6.42. The summed E-state index contributed by atoms with van der Waals surface area (Å²) in [5.41, 5.74) is 3.03. The molecular formula is C38H46N2O5. The van der Waals surface area contributed by atoms with Crippen LogP contribution in [0, 0.1) is 11.8 Å². The number of carbonyl (C=O) groups is 3. The number of rotatable bonds is 20. The van der Waals surface area contributed by atoms with Crippen molar-refractivity contribution in [3.63, 3.8) is 0 Å². The van der Waals surface area contributed by atoms with Gasteiger partial charge >= 0.3 is 5.97 Å². The van der Waals surface area contributed by atoms with Gasteiger partial charge < -0.3 is 20.5 Å². The van der Waals surface area contributed by atoms with E-state index in [1.54, 1.807) is 12.2 Å². The number of benzene rings is 3. The van der Waals surface area contributed by atoms with Crippen LogP contribution in [0.15, 0.2) is 116 Å². The van der Waals surface area contributed by atoms with Gasteiger partial charge in [0.25, 0.3) is 0 Å². The Kier molecular flexibility index (Phi) is 15.3. The van der Waals surface area contributed by atoms with Gasteiger partial charge in [0, 0.05) is 6.42 Å². The molecule has 0 saturated carbocycles. The third-order valence-corrected chi connectivity index (χ3v) is 7.64. The third kappa shape index (κ3) is 13.0. The van der Waals surface area contributed by atoms with Crippen LogP contribution >= 0.6 is 0 Å². The lowest BCUT2D eigenvalue weighted by molar-refractivity contribution is -0.150. The summed E-state index contributed by atoms with van der Waals surface area (Å²) >= 11 is 0. The molecule has 0 heterocycles. The van der Waals surface area contributed by atoms with E-state index in [0.29, 0.717) is 38.5 Å². The van der Waals surface area contributed by atoms with E-state index in [2.05, 4.69) is 23.8 Å². The van der Waals surface area contributed by atoms with Crippen molar-refractivity contribution in [2.45, 2.75) is 57.0 Å². The van der Waals surface area contributed by atoms with Crippen LogP contribution in [-0.2, 0) is 38.4 Å². The van der Waals surface area contributed by atoms with Gasteiger partial charge in [0.05, 0.1) is 30.5 Å². The number of allylic oxidation sites excluding steroid dienone is 2. The molecular weight excluding hydrogens is 564 g/mol. The predicted molar refractivity (Wildman–Crippen MR) is 178 cm³/mol. The van der Waals surface area contributed by atoms with Crippen LogP contribution in [0.3, 0.4) is 0 Å². The molecule has 4 atom stereocenters. The van der Waals surface area contributed by atoms with Crippen LogP contribution in [0.1, 0.15) is 42.4 Å². The summed E-state index contributed by atoms with van der Waals surface area (Å²) in [5, 5.41) is 15.8. The quantitative estimate of drug-likeness (QED) is 0.118. The first-order valence-electron chi connectivity index (χ1n) is 15.6. The second kappa shape index (κ2) is 19.7. The molecule has 0 aliphatic carbocycles. The van der Waals surface area contributed by atoms with Gasteiger partial charge in [-0.1, -0.05) is 103 Å². The summed E-state index contributed by atoms with van der Waals surface area (Å²) < 4.78 is 5.84. The number of amides is 2. The Morgan fingerprint density at radius 2 is 1.24 bits per heavy atom. The van der Waals surface area contributed by atoms with Gasteiger partial charge in [-0.15, -0.1) is 13.2 Å². The SMILES string of the molecule is C=CCC[C@H](Cc1ccccc1)C(=O)OC[C@@H](Cc1ccccc1)NC(=O)[C@H](CC=C)CC(=O)N[C@@H](CO)Cc1ccccc1. The van der Waals surface area contributed by atoms with Gasteiger partial charge in [-0.25, -0.2) is 0 Å². The summed E-state index contributed by atoms with van der Waals surface area (Å²) in [5.74, 6) is -1.98. The van der Waals surface area contributed by atoms with Crippen LogP contribution in [0.5, 0.6) is 0 Å². The van der Waals surface area contributed by atoms with Crippen molar-refractivity contribution < 1.29 is 24.2 Å². The predicted octanol–water partition coefficient (Wildman–Crippen LogP) is 5.38. The first-order valence-corrected chi connectivity index (χ1v) is 15.6. The average molecular weight is 611 g/mol. The fraction of sp³-hybridized carbons (Fsp3) is 0.342. The molecule has 0 bridgehead atoms. The summed E-state index contributed by atoms with van der Waals surface area (Å²) in [6.45, 7) is 7.35. The molecule has 3 aromatic carbocycles. The van der Waals surface area contributed by atoms with Crippen molar-refractivity contribution in [1.29, 1.82) is 0 Å². The number of ether oxygens (including phenoxy) is 1. The minimum Gasteiger partial charge on any atom is -0.463 e. The van der Waals surface area contributed by atoms with Crippen molar-refractivity contribution in [3.05, 3.63) is 133 Å². The minimum atomic E-state index is -0.675. The van der Waals surface area contributed by atoms with Crippen molar-refractivity contribution in [2.75, 3.05) is 13.2 Å². The highest BCUT2D eigenvalue weighted by atomic mass is 16.5. The van der Waals surface area contributed by atoms with E-state index in [1.165, 1.54) is 0 Å². The van der Waals surface area contributed by atoms with E-state index in [-0.39, 0.29) is 43.3 Å². The lowest BCUT2D eigenvalue weighted by Crippen LogP contribution is -2.45. The summed E-state index contributed by atoms with van der Waals surface area (Å²) in [7, 11) is 0. The Balaban J connectivity index is 1.66. The fourth-order valence-electron chi connectivity index (χ4n) is 5.25. The number of carbonyl (C=O) groups excluding carboxylic acids is 3. The molecule has 238 valence electrons. The standard InChI is InChI=1S/C38H46N2O5/c1-3-5-22-33(23-29-16-9-6-10-17-29)38(44)45-28-35(25-31-20-13-8-14-21-31)40-37(43)32(15-4-2)26-36(42)39-34(27-41)24-30-18-11-7-12-19-30/h3-4,6-14,16-21,32-35,41H,1-2,5,15,22-28H2,(H,39,42)(H,40,43)/t32-,33-,34-,35-/m1/s1. The Labute approximate surface area is 267 Å². The number of aliphatic hydroxyl groups excluding tert-OH is 1. The van der Waals surface area contributed by atoms with Gasteiger partial charge in [-0.3, -0.25) is 14.4 Å². The highest BCUT2D eigenvalue weighted by Gasteiger charge is 2.27. The molecule has 0 spiro atoms. The molecule has 0 unspecified atom stereocenters. The molecule has 0 fully saturated rings. The number of hydrogen-bond donors (Lipinski definition) is 3. The molecule has 45 heavy (non-hydrogen) atoms. The first-order chi connectivity index (χ1) is 21.9. The molecule has 3 N–H and O–H groups in total. The largest absolute Gasteiger partial charge is 0.463 e. The zero-order valence-corrected chi connectivity index (χ0v) is 26.0. The number of hydrogen-bond acceptors (Lipinski definition) is 5. The Hall–Kier alpha value is -4.49. The highest BCUT2D eigenvalue weighted by Crippen LogP contribution is 2.18. The summed E-state index contributed by atoms with van der Waals surface area (Å²) in [4.78, 5) is 39.8. The fourth-order valence-corrected chi connectivity index (χ4v) is 5.25. The number of esters is 1. The van der Waals surface area contributed by atoms with Crippen LogP contribution in [-0.4, -0.2) is 48.2 Å². The molecule has 0 radical (unpaired) electrons. The Morgan fingerprint density at radius 3 is 1.76 bits per heavy atom. The average Bonchev–Trinajstić information content (AvgIpc) is 3.06. The van der Waals surface area contributed by atoms with E-state index < -0.39 is 18.0 Å². The number of nitrogens with one attached hydrogen (secondary N) is 2. The maximum absolute atomic E-state index is 13.5. The van der Waals surface area contributed by atoms with Crippen LogP contribution in [0.4, 0.5) is 0 Å². The second-order valence-electron chi connectivity index (χ2n) is 11.3. The second-order valence-corrected chi connectivity index (χ2v) is 11.3. The minimum absolute atomic E-state index is 0.00445. The smallest absolute Gasteiger partial charge is 0.309 e. The van der Waals surface area contributed by atoms with Gasteiger partial charge in [0.1, 0.15) is 6.61 Å². The molecule has 0 saturated heterocycles. The lowest BCUT2D eigenvalue weighted by atomic mass is 9.95. The van der Waals surface area contributed by atoms with Crippen LogP contribution < -0.4 is 10.6 Å². The zero-order chi connectivity index (χ0) is 32.3. The first kappa shape index (κ1) is 35.0. The van der Waals surface area contributed by atoms with E-state index in [1.807, 2.05) is 91.0 Å². The topological polar surface area (TPSA) is 105 Å². The Morgan fingerprint density at radius 1 is 0.711 bits per heavy atom. The van der Waals surface area contributed by atoms with Gasteiger partial charge in [0.15, 0.2) is 0 Å². The van der Waals surface area contributed by atoms with Crippen LogP contribution in [0.2, 0.25) is 0 Å². The molecule has 0 aliphatic heterocycles. The zero-order valence-electron chi connectivity index (χ0n) is 26.0. The molecule has 3 rings (SSSR count). The van der Waals surface area contributed by atoms with Gasteiger partial charge in [0.2, 0.25) is 11.8 Å². The molecule has 0 aromatic heterocycles. The molecule has 7 heteroatoms. The van der Waals surface area contributed by atoms with E-state index in [4.69, 9.17) is 4.74 Å². The van der Waals surface area contributed by atoms with Crippen molar-refractivity contribution in [3.8, 4) is 0 Å². The van der Waals surface area contributed by atoms with Crippen LogP contribution in [0.25, 0.3) is 0 Å². The number of aliphatic hydroxyl groups is 1. The molecule has 0 aliphatic rings. The monoisotopic (exact) mass is 610 g/mol. The van der Waals surface area contributed by atoms with Crippen molar-refractivity contribution in [2.24, 2.45) is 11.8 Å². The molecule has 2 amide bonds. The highest BCUT2D eigenvalue weighted by molar-refractivity contribution is 5.86. The van der Waals surface area contributed by atoms with E-state index >= 15 is 0 Å². The van der Waals surface area contributed by atoms with Gasteiger partial charge in [-0.2, -0.15) is 0 Å². The normalized spacial score (nSPS) is 13.4. The maximum atomic E-state index is 13.5. The van der Waals surface area contributed by atoms with E-state index in [9.17, 15) is 19.5 Å². The summed E-state index contributed by atoms with van der Waals surface area (Å²) in [6, 6.07) is 28.1. The third-order valence-electron chi connectivity index (χ3n) is 7.64. The lowest BCUT2D eigenvalue weighted by Gasteiger charge is -2.24. The van der Waals surface area contributed by atoms with Crippen molar-refractivity contribution in [1.82, 2.24) is 10.6 Å². The molecule has 3 aromatic rings. The maximum Gasteiger partial charge on any atom is 0.309 e.